The third kappa shape index (κ3) is 4.19. The molecule has 0 aliphatic rings. The first-order chi connectivity index (χ1) is 2.91. The van der Waals surface area contributed by atoms with E-state index in [4.69, 9.17) is 7.85 Å². The van der Waals surface area contributed by atoms with Gasteiger partial charge in [-0.2, -0.15) is 0 Å². The van der Waals surface area contributed by atoms with E-state index in [1.807, 2.05) is 14.1 Å². The zero-order chi connectivity index (χ0) is 4.83. The molecule has 0 saturated carbocycles. The molecule has 4 radical (unpaired) electrons. The van der Waals surface area contributed by atoms with Crippen molar-refractivity contribution in [2.24, 2.45) is 0 Å². The van der Waals surface area contributed by atoms with Crippen molar-refractivity contribution < 1.29 is 0 Å². The van der Waals surface area contributed by atoms with Gasteiger partial charge in [0, 0.05) is 0 Å². The second-order valence-electron chi connectivity index (χ2n) is 1.17. The predicted molar refractivity (Wildman–Crippen MR) is 32.7 cm³/mol. The van der Waals surface area contributed by atoms with E-state index in [0.717, 1.165) is 6.22 Å². The molecule has 0 unspecified atom stereocenters. The normalized spacial score (nSPS) is 7.50. The second kappa shape index (κ2) is 5.19. The van der Waals surface area contributed by atoms with Crippen molar-refractivity contribution in [1.29, 1.82) is 0 Å². The van der Waals surface area contributed by atoms with Gasteiger partial charge in [-0.05, 0) is 0 Å². The van der Waals surface area contributed by atoms with E-state index >= 15 is 0 Å². The van der Waals surface area contributed by atoms with Crippen LogP contribution >= 0.6 is 0 Å². The topological polar surface area (TPSA) is 0 Å². The quantitative estimate of drug-likeness (QED) is 0.336. The Morgan fingerprint density at radius 2 is 2.33 bits per heavy atom. The molecular formula is C3H7B3. The minimum atomic E-state index is 0.699. The van der Waals surface area contributed by atoms with Gasteiger partial charge in [0.05, 0.1) is 22.4 Å². The summed E-state index contributed by atoms with van der Waals surface area (Å²) in [5, 5.41) is 0. The molecule has 0 fully saturated rings. The lowest BCUT2D eigenvalue weighted by atomic mass is 9.51. The van der Waals surface area contributed by atoms with E-state index in [0.29, 0.717) is 6.22 Å². The summed E-state index contributed by atoms with van der Waals surface area (Å²) in [5.74, 6) is 0. The minimum Gasteiger partial charge on any atom is -0.114 e. The van der Waals surface area contributed by atoms with Gasteiger partial charge >= 0.3 is 0 Å². The Bertz CT molecular complexity index is 18.0. The highest BCUT2D eigenvalue weighted by atomic mass is 13.3. The zero-order valence-corrected chi connectivity index (χ0v) is 4.15. The summed E-state index contributed by atoms with van der Waals surface area (Å²) in [6, 6.07) is 0. The van der Waals surface area contributed by atoms with Gasteiger partial charge in [0.2, 0.25) is 0 Å². The van der Waals surface area contributed by atoms with Crippen molar-refractivity contribution in [3.8, 4) is 0 Å². The average molecular weight is 75.5 g/mol. The summed E-state index contributed by atoms with van der Waals surface area (Å²) in [7, 11) is 9.24. The van der Waals surface area contributed by atoms with Crippen LogP contribution in [0.4, 0.5) is 0 Å². The Morgan fingerprint density at radius 3 is 2.50 bits per heavy atom. The fourth-order valence-electron chi connectivity index (χ4n) is 0.263. The van der Waals surface area contributed by atoms with Gasteiger partial charge < -0.3 is 0 Å². The van der Waals surface area contributed by atoms with E-state index < -0.39 is 0 Å². The molecule has 0 aliphatic carbocycles. The molecule has 0 aliphatic heterocycles. The van der Waals surface area contributed by atoms with E-state index in [1.54, 1.807) is 0 Å². The van der Waals surface area contributed by atoms with Crippen molar-refractivity contribution in [2.75, 3.05) is 0 Å². The maximum absolute atomic E-state index is 5.14. The van der Waals surface area contributed by atoms with Gasteiger partial charge in [0.1, 0.15) is 0 Å². The van der Waals surface area contributed by atoms with Crippen LogP contribution in [0, 0.1) is 0 Å². The lowest BCUT2D eigenvalue weighted by molar-refractivity contribution is 1.86. The Morgan fingerprint density at radius 1 is 1.67 bits per heavy atom. The first-order valence-electron chi connectivity index (χ1n) is 2.21. The monoisotopic (exact) mass is 76.1 g/mol. The Hall–Kier alpha value is 0.195. The van der Waals surface area contributed by atoms with Crippen LogP contribution in [0.1, 0.15) is 0 Å². The summed E-state index contributed by atoms with van der Waals surface area (Å²) >= 11 is 0. The lowest BCUT2D eigenvalue weighted by Crippen LogP contribution is -1.91. The highest BCUT2D eigenvalue weighted by Gasteiger charge is 1.80. The molecule has 6 heavy (non-hydrogen) atoms. The van der Waals surface area contributed by atoms with Crippen LogP contribution in [-0.2, 0) is 0 Å². The van der Waals surface area contributed by atoms with Crippen molar-refractivity contribution in [2.45, 2.75) is 19.3 Å². The highest BCUT2D eigenvalue weighted by Crippen LogP contribution is 1.75. The van der Waals surface area contributed by atoms with Crippen LogP contribution in [0.2, 0.25) is 19.3 Å². The minimum absolute atomic E-state index is 0.699. The standard InChI is InChI=1S/C3H7B3/c1-5-3-6-2-4/h2-3H2,1H3. The molecule has 0 rings (SSSR count). The van der Waals surface area contributed by atoms with Crippen molar-refractivity contribution >= 4 is 22.4 Å². The summed E-state index contributed by atoms with van der Waals surface area (Å²) in [6.07, 6.45) is 1.74. The van der Waals surface area contributed by atoms with Crippen LogP contribution in [-0.4, -0.2) is 22.4 Å². The van der Waals surface area contributed by atoms with Crippen LogP contribution in [0.3, 0.4) is 0 Å². The lowest BCUT2D eigenvalue weighted by Gasteiger charge is -1.81. The molecule has 0 aromatic rings. The predicted octanol–water partition coefficient (Wildman–Crippen LogP) is 0.363. The Kier molecular flexibility index (Phi) is 5.36. The number of rotatable bonds is 3. The molecule has 28 valence electrons. The number of hydrogen-bond acceptors (Lipinski definition) is 0. The third-order valence-electron chi connectivity index (χ3n) is 0.569. The van der Waals surface area contributed by atoms with Crippen molar-refractivity contribution in [3.05, 3.63) is 0 Å². The highest BCUT2D eigenvalue weighted by molar-refractivity contribution is 6.59. The molecular weight excluding hydrogens is 68.5 g/mol. The van der Waals surface area contributed by atoms with Crippen LogP contribution in [0.15, 0.2) is 0 Å². The fraction of sp³-hybridized carbons (Fsp3) is 1.00. The molecule has 0 nitrogen and oxygen atoms in total. The Labute approximate surface area is 42.6 Å². The molecule has 0 N–H and O–H groups in total. The van der Waals surface area contributed by atoms with Crippen LogP contribution in [0.25, 0.3) is 0 Å². The average Bonchev–Trinajstić information content (AvgIpc) is 1.61. The largest absolute Gasteiger partial charge is 0.114 e. The van der Waals surface area contributed by atoms with E-state index in [9.17, 15) is 0 Å². The van der Waals surface area contributed by atoms with E-state index in [-0.39, 0.29) is 0 Å². The molecule has 0 bridgehead atoms. The molecule has 0 aromatic carbocycles. The first kappa shape index (κ1) is 6.19. The third-order valence-corrected chi connectivity index (χ3v) is 0.569. The van der Waals surface area contributed by atoms with Crippen molar-refractivity contribution in [1.82, 2.24) is 0 Å². The summed E-state index contributed by atoms with van der Waals surface area (Å²) in [4.78, 5) is 0. The van der Waals surface area contributed by atoms with Crippen molar-refractivity contribution in [3.63, 3.8) is 0 Å². The van der Waals surface area contributed by atoms with E-state index in [2.05, 4.69) is 7.28 Å². The van der Waals surface area contributed by atoms with Gasteiger partial charge in [-0.3, -0.25) is 0 Å². The van der Waals surface area contributed by atoms with Gasteiger partial charge in [0.25, 0.3) is 0 Å². The second-order valence-corrected chi connectivity index (χ2v) is 1.17. The van der Waals surface area contributed by atoms with Crippen LogP contribution < -0.4 is 0 Å². The molecule has 0 amide bonds. The molecule has 0 spiro atoms. The van der Waals surface area contributed by atoms with Gasteiger partial charge in [0.15, 0.2) is 0 Å². The van der Waals surface area contributed by atoms with Gasteiger partial charge in [-0.25, -0.2) is 0 Å². The SMILES string of the molecule is [B]C[B]C[B]C. The molecule has 0 aromatic heterocycles. The maximum atomic E-state index is 5.14. The van der Waals surface area contributed by atoms with Gasteiger partial charge in [-0.15, -0.1) is 12.4 Å². The zero-order valence-electron chi connectivity index (χ0n) is 4.15. The maximum Gasteiger partial charge on any atom is 0.0965 e. The first-order valence-corrected chi connectivity index (χ1v) is 2.21. The molecule has 0 atom stereocenters. The van der Waals surface area contributed by atoms with E-state index in [1.165, 1.54) is 0 Å². The van der Waals surface area contributed by atoms with Crippen LogP contribution in [0.5, 0.6) is 0 Å². The summed E-state index contributed by atoms with van der Waals surface area (Å²) in [5.41, 5.74) is 0. The molecule has 0 saturated heterocycles. The molecule has 3 heteroatoms. The fourth-order valence-corrected chi connectivity index (χ4v) is 0.263. The summed E-state index contributed by atoms with van der Waals surface area (Å²) in [6.45, 7) is 2.02. The molecule has 0 heterocycles. The van der Waals surface area contributed by atoms with Gasteiger partial charge in [-0.1, -0.05) is 6.82 Å². The smallest absolute Gasteiger partial charge is 0.0965 e. The summed E-state index contributed by atoms with van der Waals surface area (Å²) < 4.78 is 0. The Balaban J connectivity index is 2.34. The number of hydrogen-bond donors (Lipinski definition) is 0.